The van der Waals surface area contributed by atoms with Crippen LogP contribution in [0.15, 0.2) is 30.3 Å². The van der Waals surface area contributed by atoms with Gasteiger partial charge in [-0.1, -0.05) is 58.0 Å². The van der Waals surface area contributed by atoms with Crippen LogP contribution in [0.1, 0.15) is 46.1 Å². The van der Waals surface area contributed by atoms with Crippen molar-refractivity contribution in [2.24, 2.45) is 5.92 Å². The van der Waals surface area contributed by atoms with Crippen LogP contribution in [0.4, 0.5) is 0 Å². The first-order valence-corrected chi connectivity index (χ1v) is 8.46. The van der Waals surface area contributed by atoms with Gasteiger partial charge in [-0.05, 0) is 23.3 Å². The van der Waals surface area contributed by atoms with E-state index in [1.165, 1.54) is 0 Å². The summed E-state index contributed by atoms with van der Waals surface area (Å²) >= 11 is 0. The molecule has 0 unspecified atom stereocenters. The highest BCUT2D eigenvalue weighted by molar-refractivity contribution is 5.88. The Morgan fingerprint density at radius 2 is 1.68 bits per heavy atom. The summed E-state index contributed by atoms with van der Waals surface area (Å²) in [5.74, 6) is -1.68. The van der Waals surface area contributed by atoms with Crippen molar-refractivity contribution < 1.29 is 19.5 Å². The SMILES string of the molecule is CC(C)C[C@H](NC(=O)CNC(=O)CC(C)(C)c1ccccc1)C(=O)O. The average molecular weight is 348 g/mol. The minimum absolute atomic E-state index is 0.141. The predicted molar refractivity (Wildman–Crippen MR) is 96.1 cm³/mol. The number of carbonyl (C=O) groups is 3. The standard InChI is InChI=1S/C19H28N2O4/c1-13(2)10-15(18(24)25)21-17(23)12-20-16(22)11-19(3,4)14-8-6-5-7-9-14/h5-9,13,15H,10-12H2,1-4H3,(H,20,22)(H,21,23)(H,24,25)/t15-/m0/s1. The fourth-order valence-corrected chi connectivity index (χ4v) is 2.57. The van der Waals surface area contributed by atoms with Crippen LogP contribution >= 0.6 is 0 Å². The summed E-state index contributed by atoms with van der Waals surface area (Å²) in [7, 11) is 0. The molecule has 0 radical (unpaired) electrons. The number of carbonyl (C=O) groups excluding carboxylic acids is 2. The van der Waals surface area contributed by atoms with Gasteiger partial charge in [-0.15, -0.1) is 0 Å². The first-order valence-electron chi connectivity index (χ1n) is 8.46. The molecule has 138 valence electrons. The quantitative estimate of drug-likeness (QED) is 0.637. The second-order valence-electron chi connectivity index (χ2n) is 7.29. The number of carboxylic acid groups (broad SMARTS) is 1. The fourth-order valence-electron chi connectivity index (χ4n) is 2.57. The summed E-state index contributed by atoms with van der Waals surface area (Å²) < 4.78 is 0. The van der Waals surface area contributed by atoms with Gasteiger partial charge < -0.3 is 15.7 Å². The van der Waals surface area contributed by atoms with Crippen molar-refractivity contribution in [1.82, 2.24) is 10.6 Å². The molecule has 6 nitrogen and oxygen atoms in total. The number of aliphatic carboxylic acids is 1. The van der Waals surface area contributed by atoms with E-state index in [-0.39, 0.29) is 30.2 Å². The maximum absolute atomic E-state index is 12.1. The summed E-state index contributed by atoms with van der Waals surface area (Å²) in [6, 6.07) is 8.74. The zero-order valence-corrected chi connectivity index (χ0v) is 15.3. The molecule has 6 heteroatoms. The lowest BCUT2D eigenvalue weighted by Gasteiger charge is -2.24. The zero-order chi connectivity index (χ0) is 19.0. The lowest BCUT2D eigenvalue weighted by Crippen LogP contribution is -2.46. The van der Waals surface area contributed by atoms with E-state index in [0.29, 0.717) is 6.42 Å². The molecular formula is C19H28N2O4. The number of carboxylic acids is 1. The second-order valence-corrected chi connectivity index (χ2v) is 7.29. The highest BCUT2D eigenvalue weighted by Gasteiger charge is 2.25. The van der Waals surface area contributed by atoms with Crippen LogP contribution in [0.5, 0.6) is 0 Å². The Bertz CT molecular complexity index is 597. The van der Waals surface area contributed by atoms with Crippen LogP contribution in [0.2, 0.25) is 0 Å². The smallest absolute Gasteiger partial charge is 0.326 e. The predicted octanol–water partition coefficient (Wildman–Crippen LogP) is 2.09. The molecule has 0 aliphatic carbocycles. The minimum atomic E-state index is -1.07. The molecule has 25 heavy (non-hydrogen) atoms. The summed E-state index contributed by atoms with van der Waals surface area (Å²) in [5.41, 5.74) is 0.681. The van der Waals surface area contributed by atoms with Gasteiger partial charge in [0, 0.05) is 6.42 Å². The molecule has 1 atom stereocenters. The van der Waals surface area contributed by atoms with Crippen molar-refractivity contribution in [2.75, 3.05) is 6.54 Å². The van der Waals surface area contributed by atoms with Gasteiger partial charge in [-0.2, -0.15) is 0 Å². The van der Waals surface area contributed by atoms with E-state index in [1.54, 1.807) is 0 Å². The van der Waals surface area contributed by atoms with Crippen LogP contribution in [-0.4, -0.2) is 35.5 Å². The van der Waals surface area contributed by atoms with Gasteiger partial charge in [0.2, 0.25) is 11.8 Å². The van der Waals surface area contributed by atoms with Crippen molar-refractivity contribution in [1.29, 1.82) is 0 Å². The van der Waals surface area contributed by atoms with Crippen LogP contribution < -0.4 is 10.6 Å². The van der Waals surface area contributed by atoms with Crippen LogP contribution in [0.25, 0.3) is 0 Å². The van der Waals surface area contributed by atoms with Crippen molar-refractivity contribution in [3.05, 3.63) is 35.9 Å². The number of rotatable bonds is 9. The van der Waals surface area contributed by atoms with E-state index < -0.39 is 17.9 Å². The number of nitrogens with one attached hydrogen (secondary N) is 2. The molecule has 0 aliphatic heterocycles. The summed E-state index contributed by atoms with van der Waals surface area (Å²) in [6.07, 6.45) is 0.578. The molecule has 0 spiro atoms. The third kappa shape index (κ3) is 7.37. The van der Waals surface area contributed by atoms with Gasteiger partial charge in [-0.25, -0.2) is 4.79 Å². The number of hydrogen-bond acceptors (Lipinski definition) is 3. The van der Waals surface area contributed by atoms with Crippen LogP contribution in [0.3, 0.4) is 0 Å². The third-order valence-electron chi connectivity index (χ3n) is 3.94. The molecule has 0 saturated carbocycles. The molecule has 0 fully saturated rings. The molecule has 1 aromatic carbocycles. The van der Waals surface area contributed by atoms with Gasteiger partial charge in [0.05, 0.1) is 6.54 Å². The van der Waals surface area contributed by atoms with Gasteiger partial charge >= 0.3 is 5.97 Å². The lowest BCUT2D eigenvalue weighted by molar-refractivity contribution is -0.142. The molecule has 2 amide bonds. The Balaban J connectivity index is 2.50. The number of amides is 2. The molecule has 1 aromatic rings. The first kappa shape index (κ1) is 20.7. The van der Waals surface area contributed by atoms with E-state index >= 15 is 0 Å². The van der Waals surface area contributed by atoms with Crippen molar-refractivity contribution in [2.45, 2.75) is 52.0 Å². The van der Waals surface area contributed by atoms with Crippen LogP contribution in [-0.2, 0) is 19.8 Å². The number of benzene rings is 1. The van der Waals surface area contributed by atoms with E-state index in [0.717, 1.165) is 5.56 Å². The van der Waals surface area contributed by atoms with E-state index in [4.69, 9.17) is 5.11 Å². The Morgan fingerprint density at radius 3 is 2.20 bits per heavy atom. The highest BCUT2D eigenvalue weighted by atomic mass is 16.4. The summed E-state index contributed by atoms with van der Waals surface area (Å²) in [6.45, 7) is 7.47. The average Bonchev–Trinajstić information content (AvgIpc) is 2.52. The largest absolute Gasteiger partial charge is 0.480 e. The Morgan fingerprint density at radius 1 is 1.08 bits per heavy atom. The third-order valence-corrected chi connectivity index (χ3v) is 3.94. The molecule has 0 aliphatic rings. The van der Waals surface area contributed by atoms with E-state index in [1.807, 2.05) is 58.0 Å². The molecule has 0 aromatic heterocycles. The molecule has 1 rings (SSSR count). The first-order chi connectivity index (χ1) is 11.6. The van der Waals surface area contributed by atoms with Gasteiger partial charge in [-0.3, -0.25) is 9.59 Å². The minimum Gasteiger partial charge on any atom is -0.480 e. The maximum atomic E-state index is 12.1. The summed E-state index contributed by atoms with van der Waals surface area (Å²) in [5, 5.41) is 14.1. The Hall–Kier alpha value is -2.37. The zero-order valence-electron chi connectivity index (χ0n) is 15.3. The molecule has 0 bridgehead atoms. The number of hydrogen-bond donors (Lipinski definition) is 3. The molecular weight excluding hydrogens is 320 g/mol. The topological polar surface area (TPSA) is 95.5 Å². The molecule has 3 N–H and O–H groups in total. The van der Waals surface area contributed by atoms with E-state index in [9.17, 15) is 14.4 Å². The van der Waals surface area contributed by atoms with Crippen molar-refractivity contribution in [3.63, 3.8) is 0 Å². The second kappa shape index (κ2) is 9.20. The normalized spacial score (nSPS) is 12.5. The molecule has 0 saturated heterocycles. The highest BCUT2D eigenvalue weighted by Crippen LogP contribution is 2.26. The van der Waals surface area contributed by atoms with Crippen molar-refractivity contribution in [3.8, 4) is 0 Å². The Labute approximate surface area is 149 Å². The molecule has 0 heterocycles. The van der Waals surface area contributed by atoms with Gasteiger partial charge in [0.15, 0.2) is 0 Å². The maximum Gasteiger partial charge on any atom is 0.326 e. The Kier molecular flexibility index (Phi) is 7.61. The fraction of sp³-hybridized carbons (Fsp3) is 0.526. The lowest BCUT2D eigenvalue weighted by atomic mass is 9.81. The van der Waals surface area contributed by atoms with E-state index in [2.05, 4.69) is 10.6 Å². The van der Waals surface area contributed by atoms with Gasteiger partial charge in [0.1, 0.15) is 6.04 Å². The van der Waals surface area contributed by atoms with Crippen molar-refractivity contribution >= 4 is 17.8 Å². The van der Waals surface area contributed by atoms with Gasteiger partial charge in [0.25, 0.3) is 0 Å². The summed E-state index contributed by atoms with van der Waals surface area (Å²) in [4.78, 5) is 35.2. The van der Waals surface area contributed by atoms with Crippen LogP contribution in [0, 0.1) is 5.92 Å². The monoisotopic (exact) mass is 348 g/mol.